The summed E-state index contributed by atoms with van der Waals surface area (Å²) in [5.74, 6) is 0. The number of halogens is 2. The van der Waals surface area contributed by atoms with Crippen molar-refractivity contribution >= 4 is 6.09 Å². The molecule has 19 heavy (non-hydrogen) atoms. The zero-order chi connectivity index (χ0) is 15.1. The lowest BCUT2D eigenvalue weighted by atomic mass is 10.2. The summed E-state index contributed by atoms with van der Waals surface area (Å²) >= 11 is 0. The summed E-state index contributed by atoms with van der Waals surface area (Å²) in [6.07, 6.45) is -2.12. The number of carbonyl (C=O) groups is 1. The van der Waals surface area contributed by atoms with E-state index in [0.29, 0.717) is 26.1 Å². The molecule has 1 N–H and O–H groups in total. The first-order valence-corrected chi connectivity index (χ1v) is 6.66. The largest absolute Gasteiger partial charge is 0.444 e. The van der Waals surface area contributed by atoms with Gasteiger partial charge in [0.15, 0.2) is 0 Å². The third kappa shape index (κ3) is 8.75. The van der Waals surface area contributed by atoms with Crippen LogP contribution in [0.1, 0.15) is 41.0 Å². The number of carbonyl (C=O) groups excluding carboxylic acids is 1. The molecule has 0 aliphatic heterocycles. The van der Waals surface area contributed by atoms with Gasteiger partial charge in [0.05, 0.1) is 6.04 Å². The highest BCUT2D eigenvalue weighted by atomic mass is 19.3. The van der Waals surface area contributed by atoms with Crippen molar-refractivity contribution in [1.82, 2.24) is 10.2 Å². The first-order valence-electron chi connectivity index (χ1n) is 6.66. The molecule has 1 amide bonds. The number of hydrogen-bond acceptors (Lipinski definition) is 3. The molecule has 0 aliphatic carbocycles. The molecule has 1 atom stereocenters. The van der Waals surface area contributed by atoms with Crippen molar-refractivity contribution in [3.8, 4) is 0 Å². The van der Waals surface area contributed by atoms with Crippen molar-refractivity contribution in [1.29, 1.82) is 0 Å². The van der Waals surface area contributed by atoms with E-state index in [4.69, 9.17) is 4.74 Å². The lowest BCUT2D eigenvalue weighted by Crippen LogP contribution is -2.39. The van der Waals surface area contributed by atoms with Crippen LogP contribution in [-0.4, -0.2) is 48.7 Å². The first-order chi connectivity index (χ1) is 8.67. The number of alkyl halides is 2. The summed E-state index contributed by atoms with van der Waals surface area (Å²) in [6.45, 7) is 10.2. The van der Waals surface area contributed by atoms with Crippen LogP contribution in [0, 0.1) is 0 Å². The quantitative estimate of drug-likeness (QED) is 0.729. The molecule has 0 bridgehead atoms. The molecule has 6 heteroatoms. The van der Waals surface area contributed by atoms with Gasteiger partial charge in [-0.2, -0.15) is 0 Å². The average Bonchev–Trinajstić information content (AvgIpc) is 2.25. The molecule has 1 unspecified atom stereocenters. The molecule has 0 rings (SSSR count). The van der Waals surface area contributed by atoms with Gasteiger partial charge in [-0.25, -0.2) is 13.6 Å². The standard InChI is InChI=1S/C13H26F2N2O2/c1-6-17(12(18)19-13(3,4)5)9-7-8-16-10(2)11(14)15/h10-11,16H,6-9H2,1-5H3. The highest BCUT2D eigenvalue weighted by molar-refractivity contribution is 5.68. The second-order valence-electron chi connectivity index (χ2n) is 5.49. The minimum Gasteiger partial charge on any atom is -0.444 e. The topological polar surface area (TPSA) is 41.6 Å². The maximum absolute atomic E-state index is 12.2. The third-order valence-electron chi connectivity index (χ3n) is 2.48. The molecule has 0 aromatic heterocycles. The molecule has 0 aromatic carbocycles. The van der Waals surface area contributed by atoms with E-state index in [-0.39, 0.29) is 6.09 Å². The fourth-order valence-electron chi connectivity index (χ4n) is 1.39. The maximum atomic E-state index is 12.2. The van der Waals surface area contributed by atoms with Gasteiger partial charge in [0.1, 0.15) is 5.60 Å². The van der Waals surface area contributed by atoms with Crippen LogP contribution in [-0.2, 0) is 4.74 Å². The molecule has 0 heterocycles. The van der Waals surface area contributed by atoms with Gasteiger partial charge < -0.3 is 15.0 Å². The Hall–Kier alpha value is -0.910. The zero-order valence-corrected chi connectivity index (χ0v) is 12.5. The summed E-state index contributed by atoms with van der Waals surface area (Å²) in [7, 11) is 0. The Bertz CT molecular complexity index is 268. The first kappa shape index (κ1) is 18.1. The lowest BCUT2D eigenvalue weighted by Gasteiger charge is -2.26. The van der Waals surface area contributed by atoms with Gasteiger partial charge in [-0.15, -0.1) is 0 Å². The van der Waals surface area contributed by atoms with Gasteiger partial charge in [-0.05, 0) is 47.6 Å². The molecule has 114 valence electrons. The van der Waals surface area contributed by atoms with E-state index in [0.717, 1.165) is 0 Å². The van der Waals surface area contributed by atoms with Crippen molar-refractivity contribution in [2.45, 2.75) is 59.1 Å². The Kier molecular flexibility index (Phi) is 7.90. The molecule has 0 radical (unpaired) electrons. The van der Waals surface area contributed by atoms with Crippen molar-refractivity contribution in [2.75, 3.05) is 19.6 Å². The second-order valence-corrected chi connectivity index (χ2v) is 5.49. The lowest BCUT2D eigenvalue weighted by molar-refractivity contribution is 0.0256. The van der Waals surface area contributed by atoms with Gasteiger partial charge >= 0.3 is 6.09 Å². The fourth-order valence-corrected chi connectivity index (χ4v) is 1.39. The Labute approximate surface area is 114 Å². The van der Waals surface area contributed by atoms with Crippen molar-refractivity contribution in [3.63, 3.8) is 0 Å². The molecule has 0 aliphatic rings. The number of nitrogens with one attached hydrogen (secondary N) is 1. The number of nitrogens with zero attached hydrogens (tertiary/aromatic N) is 1. The van der Waals surface area contributed by atoms with Crippen molar-refractivity contribution in [3.05, 3.63) is 0 Å². The number of rotatable bonds is 7. The number of ether oxygens (including phenoxy) is 1. The average molecular weight is 280 g/mol. The molecule has 4 nitrogen and oxygen atoms in total. The molecule has 0 spiro atoms. The van der Waals surface area contributed by atoms with Crippen LogP contribution in [0.5, 0.6) is 0 Å². The summed E-state index contributed by atoms with van der Waals surface area (Å²) in [4.78, 5) is 13.4. The smallest absolute Gasteiger partial charge is 0.410 e. The molecule has 0 aromatic rings. The van der Waals surface area contributed by atoms with Crippen LogP contribution < -0.4 is 5.32 Å². The van der Waals surface area contributed by atoms with Crippen LogP contribution in [0.15, 0.2) is 0 Å². The third-order valence-corrected chi connectivity index (χ3v) is 2.48. The molecule has 0 saturated carbocycles. The molecular weight excluding hydrogens is 254 g/mol. The zero-order valence-electron chi connectivity index (χ0n) is 12.5. The van der Waals surface area contributed by atoms with E-state index in [9.17, 15) is 13.6 Å². The Morgan fingerprint density at radius 3 is 2.37 bits per heavy atom. The SMILES string of the molecule is CCN(CCCNC(C)C(F)F)C(=O)OC(C)(C)C. The summed E-state index contributed by atoms with van der Waals surface area (Å²) in [5.41, 5.74) is -0.521. The minimum absolute atomic E-state index is 0.364. The van der Waals surface area contributed by atoms with Crippen LogP contribution >= 0.6 is 0 Å². The summed E-state index contributed by atoms with van der Waals surface area (Å²) in [6, 6.07) is -0.823. The highest BCUT2D eigenvalue weighted by Gasteiger charge is 2.20. The Morgan fingerprint density at radius 1 is 1.37 bits per heavy atom. The van der Waals surface area contributed by atoms with E-state index >= 15 is 0 Å². The van der Waals surface area contributed by atoms with E-state index in [1.54, 1.807) is 4.90 Å². The van der Waals surface area contributed by atoms with E-state index in [2.05, 4.69) is 5.32 Å². The van der Waals surface area contributed by atoms with Gasteiger partial charge in [-0.3, -0.25) is 0 Å². The van der Waals surface area contributed by atoms with E-state index in [1.165, 1.54) is 6.92 Å². The number of hydrogen-bond donors (Lipinski definition) is 1. The predicted octanol–water partition coefficient (Wildman–Crippen LogP) is 2.88. The second kappa shape index (κ2) is 8.30. The van der Waals surface area contributed by atoms with Gasteiger partial charge in [0.2, 0.25) is 0 Å². The van der Waals surface area contributed by atoms with Crippen molar-refractivity contribution < 1.29 is 18.3 Å². The monoisotopic (exact) mass is 280 g/mol. The van der Waals surface area contributed by atoms with Crippen LogP contribution in [0.4, 0.5) is 13.6 Å². The van der Waals surface area contributed by atoms with Crippen LogP contribution in [0.25, 0.3) is 0 Å². The van der Waals surface area contributed by atoms with E-state index in [1.807, 2.05) is 27.7 Å². The Morgan fingerprint density at radius 2 is 1.95 bits per heavy atom. The minimum atomic E-state index is -2.37. The summed E-state index contributed by atoms with van der Waals surface area (Å²) < 4.78 is 29.7. The highest BCUT2D eigenvalue weighted by Crippen LogP contribution is 2.10. The van der Waals surface area contributed by atoms with Crippen molar-refractivity contribution in [2.24, 2.45) is 0 Å². The predicted molar refractivity (Wildman–Crippen MR) is 71.6 cm³/mol. The normalized spacial score (nSPS) is 13.5. The summed E-state index contributed by atoms with van der Waals surface area (Å²) in [5, 5.41) is 2.72. The molecule has 0 saturated heterocycles. The van der Waals surface area contributed by atoms with Gasteiger partial charge in [0.25, 0.3) is 6.43 Å². The molecular formula is C13H26F2N2O2. The van der Waals surface area contributed by atoms with Crippen LogP contribution in [0.3, 0.4) is 0 Å². The van der Waals surface area contributed by atoms with E-state index < -0.39 is 18.1 Å². The van der Waals surface area contributed by atoms with Gasteiger partial charge in [-0.1, -0.05) is 0 Å². The number of amides is 1. The fraction of sp³-hybridized carbons (Fsp3) is 0.923. The van der Waals surface area contributed by atoms with Gasteiger partial charge in [0, 0.05) is 13.1 Å². The Balaban J connectivity index is 3.97. The maximum Gasteiger partial charge on any atom is 0.410 e. The van der Waals surface area contributed by atoms with Crippen LogP contribution in [0.2, 0.25) is 0 Å². The molecule has 0 fully saturated rings.